The molecule has 5 nitrogen and oxygen atoms in total. The van der Waals surface area contributed by atoms with Gasteiger partial charge in [0.1, 0.15) is 5.82 Å². The summed E-state index contributed by atoms with van der Waals surface area (Å²) in [5, 5.41) is 8.13. The molecule has 0 unspecified atom stereocenters. The lowest BCUT2D eigenvalue weighted by atomic mass is 10.3. The van der Waals surface area contributed by atoms with E-state index in [4.69, 9.17) is 11.6 Å². The van der Waals surface area contributed by atoms with Crippen LogP contribution in [0.5, 0.6) is 0 Å². The van der Waals surface area contributed by atoms with Crippen LogP contribution >= 0.6 is 23.4 Å². The third-order valence-electron chi connectivity index (χ3n) is 3.52. The molecule has 22 heavy (non-hydrogen) atoms. The molecule has 1 aromatic carbocycles. The molecule has 1 aliphatic heterocycles. The van der Waals surface area contributed by atoms with Crippen LogP contribution < -0.4 is 0 Å². The summed E-state index contributed by atoms with van der Waals surface area (Å²) < 4.78 is 14.7. The van der Waals surface area contributed by atoms with Crippen molar-refractivity contribution >= 4 is 29.3 Å². The van der Waals surface area contributed by atoms with Gasteiger partial charge in [0.25, 0.3) is 0 Å². The van der Waals surface area contributed by atoms with E-state index in [0.717, 1.165) is 18.7 Å². The Morgan fingerprint density at radius 2 is 2.32 bits per heavy atom. The van der Waals surface area contributed by atoms with Gasteiger partial charge in [0.05, 0.1) is 27.9 Å². The molecule has 1 fully saturated rings. The van der Waals surface area contributed by atoms with E-state index in [9.17, 15) is 9.18 Å². The molecule has 0 N–H and O–H groups in total. The highest BCUT2D eigenvalue weighted by Gasteiger charge is 2.29. The molecular weight excluding hydrogens is 327 g/mol. The zero-order valence-corrected chi connectivity index (χ0v) is 13.4. The number of aromatic nitrogens is 3. The number of benzene rings is 1. The van der Waals surface area contributed by atoms with Gasteiger partial charge in [-0.2, -0.15) is 0 Å². The third-order valence-corrected chi connectivity index (χ3v) is 5.11. The van der Waals surface area contributed by atoms with Crippen LogP contribution in [0.4, 0.5) is 4.39 Å². The molecule has 1 saturated heterocycles. The standard InChI is InChI=1S/C14H14ClFN4OS/c1-19-5-4-13(14(19)21)22-8-9-7-20(18-17-9)10-2-3-12(16)11(15)6-10/h2-3,6-7,13H,4-5,8H2,1H3/t13-/m1/s1. The highest BCUT2D eigenvalue weighted by atomic mass is 35.5. The van der Waals surface area contributed by atoms with E-state index in [0.29, 0.717) is 11.4 Å². The summed E-state index contributed by atoms with van der Waals surface area (Å²) in [6, 6.07) is 4.38. The van der Waals surface area contributed by atoms with Gasteiger partial charge in [-0.05, 0) is 24.6 Å². The number of thioether (sulfide) groups is 1. The minimum absolute atomic E-state index is 0.00424. The average Bonchev–Trinajstić information content (AvgIpc) is 3.09. The Kier molecular flexibility index (Phi) is 4.35. The number of amides is 1. The summed E-state index contributed by atoms with van der Waals surface area (Å²) in [5.41, 5.74) is 1.42. The molecule has 0 spiro atoms. The van der Waals surface area contributed by atoms with Crippen molar-refractivity contribution in [2.45, 2.75) is 17.4 Å². The Morgan fingerprint density at radius 3 is 3.00 bits per heavy atom. The van der Waals surface area contributed by atoms with Gasteiger partial charge >= 0.3 is 0 Å². The zero-order valence-electron chi connectivity index (χ0n) is 11.9. The molecule has 0 radical (unpaired) electrons. The van der Waals surface area contributed by atoms with Crippen molar-refractivity contribution in [3.8, 4) is 5.69 Å². The summed E-state index contributed by atoms with van der Waals surface area (Å²) in [7, 11) is 1.82. The molecule has 0 saturated carbocycles. The Labute approximate surface area is 136 Å². The number of carbonyl (C=O) groups excluding carboxylic acids is 1. The molecule has 1 atom stereocenters. The maximum Gasteiger partial charge on any atom is 0.235 e. The number of rotatable bonds is 4. The Bertz CT molecular complexity index is 708. The average molecular weight is 341 g/mol. The highest BCUT2D eigenvalue weighted by molar-refractivity contribution is 7.99. The van der Waals surface area contributed by atoms with Crippen molar-refractivity contribution in [2.75, 3.05) is 13.6 Å². The summed E-state index contributed by atoms with van der Waals surface area (Å²) >= 11 is 7.33. The van der Waals surface area contributed by atoms with E-state index in [1.165, 1.54) is 12.1 Å². The highest BCUT2D eigenvalue weighted by Crippen LogP contribution is 2.26. The van der Waals surface area contributed by atoms with E-state index in [-0.39, 0.29) is 16.2 Å². The van der Waals surface area contributed by atoms with Crippen LogP contribution in [0.3, 0.4) is 0 Å². The molecular formula is C14H14ClFN4OS. The molecule has 8 heteroatoms. The normalized spacial score (nSPS) is 18.2. The fraction of sp³-hybridized carbons (Fsp3) is 0.357. The van der Waals surface area contributed by atoms with Crippen LogP contribution in [0.1, 0.15) is 12.1 Å². The van der Waals surface area contributed by atoms with Crippen LogP contribution in [0.2, 0.25) is 5.02 Å². The lowest BCUT2D eigenvalue weighted by Crippen LogP contribution is -2.23. The number of nitrogens with zero attached hydrogens (tertiary/aromatic N) is 4. The van der Waals surface area contributed by atoms with Crippen molar-refractivity contribution in [3.05, 3.63) is 40.9 Å². The quantitative estimate of drug-likeness (QED) is 0.858. The molecule has 1 aliphatic rings. The maximum atomic E-state index is 13.2. The topological polar surface area (TPSA) is 51.0 Å². The third kappa shape index (κ3) is 3.10. The lowest BCUT2D eigenvalue weighted by molar-refractivity contribution is -0.126. The number of hydrogen-bond acceptors (Lipinski definition) is 4. The first-order chi connectivity index (χ1) is 10.5. The minimum Gasteiger partial charge on any atom is -0.345 e. The van der Waals surface area contributed by atoms with Gasteiger partial charge in [0.2, 0.25) is 5.91 Å². The van der Waals surface area contributed by atoms with Gasteiger partial charge in [-0.3, -0.25) is 4.79 Å². The second-order valence-corrected chi connectivity index (χ2v) is 6.70. The minimum atomic E-state index is -0.467. The van der Waals surface area contributed by atoms with Gasteiger partial charge in [-0.15, -0.1) is 16.9 Å². The second kappa shape index (κ2) is 6.26. The number of halogens is 2. The van der Waals surface area contributed by atoms with E-state index in [1.807, 2.05) is 7.05 Å². The van der Waals surface area contributed by atoms with E-state index >= 15 is 0 Å². The van der Waals surface area contributed by atoms with Gasteiger partial charge in [-0.1, -0.05) is 16.8 Å². The van der Waals surface area contributed by atoms with Gasteiger partial charge in [0, 0.05) is 19.3 Å². The van der Waals surface area contributed by atoms with E-state index < -0.39 is 5.82 Å². The van der Waals surface area contributed by atoms with Crippen molar-refractivity contribution in [1.82, 2.24) is 19.9 Å². The van der Waals surface area contributed by atoms with Crippen molar-refractivity contribution < 1.29 is 9.18 Å². The fourth-order valence-corrected chi connectivity index (χ4v) is 3.52. The van der Waals surface area contributed by atoms with Crippen LogP contribution in [-0.2, 0) is 10.5 Å². The van der Waals surface area contributed by atoms with Crippen LogP contribution in [0, 0.1) is 5.82 Å². The second-order valence-electron chi connectivity index (χ2n) is 5.10. The molecule has 1 aromatic heterocycles. The molecule has 3 rings (SSSR count). The van der Waals surface area contributed by atoms with Crippen LogP contribution in [0.15, 0.2) is 24.4 Å². The summed E-state index contributed by atoms with van der Waals surface area (Å²) in [4.78, 5) is 13.6. The zero-order chi connectivity index (χ0) is 15.7. The number of hydrogen-bond donors (Lipinski definition) is 0. The van der Waals surface area contributed by atoms with Gasteiger partial charge in [0.15, 0.2) is 0 Å². The Hall–Kier alpha value is -1.60. The van der Waals surface area contributed by atoms with E-state index in [1.54, 1.807) is 33.6 Å². The molecule has 116 valence electrons. The lowest BCUT2D eigenvalue weighted by Gasteiger charge is -2.08. The molecule has 2 heterocycles. The number of carbonyl (C=O) groups is 1. The summed E-state index contributed by atoms with van der Waals surface area (Å²) in [6.45, 7) is 0.803. The smallest absolute Gasteiger partial charge is 0.235 e. The summed E-state index contributed by atoms with van der Waals surface area (Å²) in [6.07, 6.45) is 2.63. The maximum absolute atomic E-state index is 13.2. The van der Waals surface area contributed by atoms with Crippen LogP contribution in [-0.4, -0.2) is 44.6 Å². The molecule has 2 aromatic rings. The van der Waals surface area contributed by atoms with Crippen molar-refractivity contribution in [1.29, 1.82) is 0 Å². The summed E-state index contributed by atoms with van der Waals surface area (Å²) in [5.74, 6) is 0.312. The van der Waals surface area contributed by atoms with Gasteiger partial charge in [-0.25, -0.2) is 9.07 Å². The fourth-order valence-electron chi connectivity index (χ4n) is 2.25. The van der Waals surface area contributed by atoms with Crippen molar-refractivity contribution in [3.63, 3.8) is 0 Å². The monoisotopic (exact) mass is 340 g/mol. The van der Waals surface area contributed by atoms with Gasteiger partial charge < -0.3 is 4.90 Å². The first-order valence-corrected chi connectivity index (χ1v) is 8.20. The molecule has 0 aliphatic carbocycles. The molecule has 1 amide bonds. The SMILES string of the molecule is CN1CC[C@@H](SCc2cn(-c3ccc(F)c(Cl)c3)nn2)C1=O. The first-order valence-electron chi connectivity index (χ1n) is 6.78. The molecule has 0 bridgehead atoms. The Balaban J connectivity index is 1.66. The Morgan fingerprint density at radius 1 is 1.50 bits per heavy atom. The van der Waals surface area contributed by atoms with E-state index in [2.05, 4.69) is 10.3 Å². The van der Waals surface area contributed by atoms with Crippen molar-refractivity contribution in [2.24, 2.45) is 0 Å². The van der Waals surface area contributed by atoms with Crippen LogP contribution in [0.25, 0.3) is 5.69 Å². The predicted octanol–water partition coefficient (Wildman–Crippen LogP) is 2.52. The first kappa shape index (κ1) is 15.3. The number of likely N-dealkylation sites (tertiary alicyclic amines) is 1. The predicted molar refractivity (Wildman–Crippen MR) is 83.7 cm³/mol. The largest absolute Gasteiger partial charge is 0.345 e.